The number of rotatable bonds is 12. The zero-order valence-electron chi connectivity index (χ0n) is 21.4. The van der Waals surface area contributed by atoms with Crippen molar-refractivity contribution in [3.63, 3.8) is 0 Å². The molecule has 1 unspecified atom stereocenters. The summed E-state index contributed by atoms with van der Waals surface area (Å²) in [6.45, 7) is 0.0867. The third kappa shape index (κ3) is 8.27. The number of hydrogen-bond acceptors (Lipinski definition) is 5. The molecule has 0 amide bonds. The molecule has 0 spiro atoms. The van der Waals surface area contributed by atoms with Crippen molar-refractivity contribution in [1.82, 2.24) is 0 Å². The zero-order chi connectivity index (χ0) is 26.9. The number of methoxy groups -OCH3 is 1. The van der Waals surface area contributed by atoms with Crippen molar-refractivity contribution in [1.29, 1.82) is 0 Å². The molecule has 204 valence electrons. The molecule has 5 nitrogen and oxygen atoms in total. The van der Waals surface area contributed by atoms with Gasteiger partial charge in [0.05, 0.1) is 19.2 Å². The molecule has 0 aliphatic carbocycles. The van der Waals surface area contributed by atoms with E-state index in [1.807, 2.05) is 59.5 Å². The van der Waals surface area contributed by atoms with Crippen LogP contribution >= 0.6 is 12.4 Å². The second kappa shape index (κ2) is 14.3. The summed E-state index contributed by atoms with van der Waals surface area (Å²) < 4.78 is 38.3. The molecule has 0 radical (unpaired) electrons. The van der Waals surface area contributed by atoms with Gasteiger partial charge >= 0.3 is 0 Å². The Morgan fingerprint density at radius 1 is 0.872 bits per heavy atom. The predicted molar refractivity (Wildman–Crippen MR) is 151 cm³/mol. The van der Waals surface area contributed by atoms with Gasteiger partial charge in [0.2, 0.25) is 0 Å². The monoisotopic (exact) mass is 553 g/mol. The average Bonchev–Trinajstić information content (AvgIpc) is 2.95. The summed E-state index contributed by atoms with van der Waals surface area (Å²) in [6, 6.07) is 26.8. The van der Waals surface area contributed by atoms with E-state index >= 15 is 0 Å². The maximum Gasteiger partial charge on any atom is 0.167 e. The number of carbonyl (C=O) groups excluding carboxylic acids is 1. The number of hydrogen-bond donors (Lipinski definition) is 1. The van der Waals surface area contributed by atoms with Crippen LogP contribution in [0.2, 0.25) is 0 Å². The minimum atomic E-state index is -0.936. The van der Waals surface area contributed by atoms with Gasteiger partial charge < -0.3 is 19.5 Å². The Labute approximate surface area is 233 Å². The average molecular weight is 554 g/mol. The minimum Gasteiger partial charge on any atom is -0.497 e. The number of aryl methyl sites for hydroxylation is 1. The van der Waals surface area contributed by atoms with Crippen molar-refractivity contribution in [3.05, 3.63) is 120 Å². The van der Waals surface area contributed by atoms with Gasteiger partial charge in [-0.05, 0) is 66.6 Å². The van der Waals surface area contributed by atoms with Gasteiger partial charge in [0, 0.05) is 23.9 Å². The summed E-state index contributed by atoms with van der Waals surface area (Å²) in [5, 5.41) is 10.9. The van der Waals surface area contributed by atoms with Gasteiger partial charge in [-0.3, -0.25) is 4.79 Å². The summed E-state index contributed by atoms with van der Waals surface area (Å²) in [6.07, 6.45) is -0.454. The van der Waals surface area contributed by atoms with Gasteiger partial charge in [-0.2, -0.15) is 0 Å². The highest BCUT2D eigenvalue weighted by Crippen LogP contribution is 2.29. The third-order valence-corrected chi connectivity index (χ3v) is 6.05. The number of anilines is 2. The molecule has 0 saturated carbocycles. The minimum absolute atomic E-state index is 0. The summed E-state index contributed by atoms with van der Waals surface area (Å²) in [5.41, 5.74) is 2.60. The molecule has 4 rings (SSSR count). The highest BCUT2D eigenvalue weighted by molar-refractivity contribution is 5.98. The van der Waals surface area contributed by atoms with Crippen molar-refractivity contribution in [2.75, 3.05) is 25.2 Å². The Bertz CT molecular complexity index is 1350. The Morgan fingerprint density at radius 2 is 1.56 bits per heavy atom. The first-order valence-electron chi connectivity index (χ1n) is 12.3. The van der Waals surface area contributed by atoms with Crippen molar-refractivity contribution in [3.8, 4) is 11.5 Å². The van der Waals surface area contributed by atoms with Crippen LogP contribution in [0.25, 0.3) is 0 Å². The summed E-state index contributed by atoms with van der Waals surface area (Å²) in [4.78, 5) is 14.8. The molecule has 0 fully saturated rings. The smallest absolute Gasteiger partial charge is 0.167 e. The van der Waals surface area contributed by atoms with Crippen molar-refractivity contribution >= 4 is 29.6 Å². The van der Waals surface area contributed by atoms with Crippen LogP contribution < -0.4 is 14.4 Å². The van der Waals surface area contributed by atoms with Crippen molar-refractivity contribution in [2.45, 2.75) is 18.9 Å². The molecule has 0 aromatic heterocycles. The molecule has 0 aliphatic heterocycles. The van der Waals surface area contributed by atoms with Gasteiger partial charge in [0.1, 0.15) is 35.8 Å². The maximum absolute atomic E-state index is 14.0. The summed E-state index contributed by atoms with van der Waals surface area (Å²) in [7, 11) is 1.59. The Kier molecular flexibility index (Phi) is 10.8. The summed E-state index contributed by atoms with van der Waals surface area (Å²) >= 11 is 0. The topological polar surface area (TPSA) is 59.0 Å². The first kappa shape index (κ1) is 29.6. The molecular weight excluding hydrogens is 524 g/mol. The molecule has 0 saturated heterocycles. The number of Topliss-reactive ketones (excluding diaryl/α,β-unsaturated/α-hetero) is 1. The lowest BCUT2D eigenvalue weighted by Crippen LogP contribution is -2.33. The maximum atomic E-state index is 14.0. The first-order chi connectivity index (χ1) is 18.4. The number of ether oxygens (including phenoxy) is 2. The van der Waals surface area contributed by atoms with E-state index in [2.05, 4.69) is 0 Å². The van der Waals surface area contributed by atoms with E-state index in [9.17, 15) is 18.7 Å². The van der Waals surface area contributed by atoms with Crippen molar-refractivity contribution in [2.24, 2.45) is 0 Å². The second-order valence-electron chi connectivity index (χ2n) is 8.80. The zero-order valence-corrected chi connectivity index (χ0v) is 22.2. The molecule has 1 atom stereocenters. The number of benzene rings is 4. The lowest BCUT2D eigenvalue weighted by Gasteiger charge is -2.28. The molecule has 4 aromatic rings. The van der Waals surface area contributed by atoms with E-state index in [0.717, 1.165) is 23.0 Å². The Balaban J connectivity index is 0.00000420. The van der Waals surface area contributed by atoms with Crippen LogP contribution in [0.1, 0.15) is 22.3 Å². The van der Waals surface area contributed by atoms with Crippen LogP contribution in [-0.2, 0) is 6.42 Å². The van der Waals surface area contributed by atoms with Crippen LogP contribution in [0, 0.1) is 11.6 Å². The highest BCUT2D eigenvalue weighted by Gasteiger charge is 2.19. The molecular formula is C31H30ClF2NO4. The number of carbonyl (C=O) groups is 1. The van der Waals surface area contributed by atoms with Gasteiger partial charge in [-0.15, -0.1) is 12.4 Å². The van der Waals surface area contributed by atoms with Crippen LogP contribution in [0.15, 0.2) is 97.1 Å². The standard InChI is InChI=1S/C31H29F2NO4.ClH/c1-37-28-9-5-8-26(19-28)34(25-6-3-2-4-7-25)20-27(35)21-38-31-17-15-24(33)18-29(31)30(36)16-12-22-10-13-23(32)14-11-22;/h2-11,13-15,17-19,27,35H,12,16,20-21H2,1H3;1H. The van der Waals surface area contributed by atoms with Crippen LogP contribution in [0.3, 0.4) is 0 Å². The lowest BCUT2D eigenvalue weighted by atomic mass is 10.0. The predicted octanol–water partition coefficient (Wildman–Crippen LogP) is 6.79. The number of ketones is 1. The molecule has 0 heterocycles. The van der Waals surface area contributed by atoms with E-state index in [1.165, 1.54) is 24.3 Å². The molecule has 39 heavy (non-hydrogen) atoms. The number of nitrogens with zero attached hydrogens (tertiary/aromatic N) is 1. The van der Waals surface area contributed by atoms with Crippen LogP contribution in [-0.4, -0.2) is 37.3 Å². The van der Waals surface area contributed by atoms with E-state index in [1.54, 1.807) is 19.2 Å². The number of halogens is 3. The lowest BCUT2D eigenvalue weighted by molar-refractivity contribution is 0.0960. The van der Waals surface area contributed by atoms with E-state index in [4.69, 9.17) is 9.47 Å². The fraction of sp³-hybridized carbons (Fsp3) is 0.194. The molecule has 4 aromatic carbocycles. The van der Waals surface area contributed by atoms with Gasteiger partial charge in [-0.25, -0.2) is 8.78 Å². The summed E-state index contributed by atoms with van der Waals surface area (Å²) in [5.74, 6) is -0.333. The van der Waals surface area contributed by atoms with Crippen LogP contribution in [0.4, 0.5) is 20.2 Å². The van der Waals surface area contributed by atoms with Crippen LogP contribution in [0.5, 0.6) is 11.5 Å². The van der Waals surface area contributed by atoms with Gasteiger partial charge in [-0.1, -0.05) is 36.4 Å². The number of aliphatic hydroxyl groups is 1. The molecule has 8 heteroatoms. The number of aliphatic hydroxyl groups excluding tert-OH is 1. The van der Waals surface area contributed by atoms with E-state index in [-0.39, 0.29) is 54.9 Å². The second-order valence-corrected chi connectivity index (χ2v) is 8.80. The SMILES string of the molecule is COc1cccc(N(CC(O)COc2ccc(F)cc2C(=O)CCc2ccc(F)cc2)c2ccccc2)c1.Cl. The van der Waals surface area contributed by atoms with E-state index in [0.29, 0.717) is 12.2 Å². The third-order valence-electron chi connectivity index (χ3n) is 6.05. The Morgan fingerprint density at radius 3 is 2.28 bits per heavy atom. The fourth-order valence-corrected chi connectivity index (χ4v) is 4.09. The molecule has 1 N–H and O–H groups in total. The highest BCUT2D eigenvalue weighted by atomic mass is 35.5. The van der Waals surface area contributed by atoms with Gasteiger partial charge in [0.25, 0.3) is 0 Å². The number of para-hydroxylation sites is 1. The molecule has 0 aliphatic rings. The molecule has 0 bridgehead atoms. The van der Waals surface area contributed by atoms with E-state index < -0.39 is 11.9 Å². The van der Waals surface area contributed by atoms with Crippen molar-refractivity contribution < 1.29 is 28.2 Å². The Hall–Kier alpha value is -3.94. The fourth-order valence-electron chi connectivity index (χ4n) is 4.09. The normalized spacial score (nSPS) is 11.3. The van der Waals surface area contributed by atoms with Gasteiger partial charge in [0.15, 0.2) is 5.78 Å². The largest absolute Gasteiger partial charge is 0.497 e. The first-order valence-corrected chi connectivity index (χ1v) is 12.3. The quantitative estimate of drug-likeness (QED) is 0.196.